The van der Waals surface area contributed by atoms with E-state index < -0.39 is 0 Å². The van der Waals surface area contributed by atoms with Gasteiger partial charge >= 0.3 is 0 Å². The predicted molar refractivity (Wildman–Crippen MR) is 83.4 cm³/mol. The highest BCUT2D eigenvalue weighted by atomic mass is 16.5. The van der Waals surface area contributed by atoms with E-state index in [0.29, 0.717) is 13.2 Å². The summed E-state index contributed by atoms with van der Waals surface area (Å²) in [6.45, 7) is 5.54. The summed E-state index contributed by atoms with van der Waals surface area (Å²) in [5.74, 6) is 0.888. The molecule has 21 heavy (non-hydrogen) atoms. The van der Waals surface area contributed by atoms with Crippen LogP contribution >= 0.6 is 0 Å². The third-order valence-electron chi connectivity index (χ3n) is 4.35. The van der Waals surface area contributed by atoms with Crippen molar-refractivity contribution in [3.63, 3.8) is 0 Å². The lowest BCUT2D eigenvalue weighted by molar-refractivity contribution is 0.134. The Morgan fingerprint density at radius 2 is 1.86 bits per heavy atom. The molecule has 0 saturated heterocycles. The monoisotopic (exact) mass is 283 g/mol. The van der Waals surface area contributed by atoms with Gasteiger partial charge in [-0.2, -0.15) is 0 Å². The van der Waals surface area contributed by atoms with Gasteiger partial charge in [-0.3, -0.25) is 0 Å². The molecule has 3 rings (SSSR count). The van der Waals surface area contributed by atoms with Crippen LogP contribution in [-0.2, 0) is 18.0 Å². The number of nitrogens with two attached hydrogens (primary N) is 1. The Bertz CT molecular complexity index is 679. The summed E-state index contributed by atoms with van der Waals surface area (Å²) in [4.78, 5) is 0. The Hall–Kier alpha value is -1.84. The summed E-state index contributed by atoms with van der Waals surface area (Å²) in [6, 6.07) is 10.3. The number of aryl methyl sites for hydroxylation is 1. The molecule has 1 heterocycles. The van der Waals surface area contributed by atoms with Gasteiger partial charge in [-0.1, -0.05) is 30.3 Å². The van der Waals surface area contributed by atoms with E-state index in [0.717, 1.165) is 22.4 Å². The van der Waals surface area contributed by atoms with Crippen LogP contribution in [0.2, 0.25) is 0 Å². The largest absolute Gasteiger partial charge is 0.496 e. The summed E-state index contributed by atoms with van der Waals surface area (Å²) in [5, 5.41) is 0. The van der Waals surface area contributed by atoms with Crippen molar-refractivity contribution in [3.8, 4) is 5.75 Å². The molecule has 0 fully saturated rings. The molecule has 2 aromatic carbocycles. The van der Waals surface area contributed by atoms with E-state index in [2.05, 4.69) is 44.2 Å². The Kier molecular flexibility index (Phi) is 3.70. The van der Waals surface area contributed by atoms with Crippen molar-refractivity contribution in [2.45, 2.75) is 33.1 Å². The smallest absolute Gasteiger partial charge is 0.127 e. The standard InChI is InChI=1S/C18H21NO2/c1-11-4-7-16(18(20-3)12(11)2)17(19)13-5-6-14-9-21-10-15(14)8-13/h4-8,17H,9-10,19H2,1-3H3. The van der Waals surface area contributed by atoms with Gasteiger partial charge in [0.1, 0.15) is 5.75 Å². The first-order valence-corrected chi connectivity index (χ1v) is 7.21. The highest BCUT2D eigenvalue weighted by Crippen LogP contribution is 2.34. The number of benzene rings is 2. The molecule has 2 aromatic rings. The normalized spacial score (nSPS) is 14.9. The number of hydrogen-bond acceptors (Lipinski definition) is 3. The Balaban J connectivity index is 2.02. The van der Waals surface area contributed by atoms with Crippen molar-refractivity contribution < 1.29 is 9.47 Å². The van der Waals surface area contributed by atoms with Crippen molar-refractivity contribution in [1.82, 2.24) is 0 Å². The first kappa shape index (κ1) is 14.1. The molecule has 0 spiro atoms. The van der Waals surface area contributed by atoms with Crippen LogP contribution in [0.1, 0.15) is 39.4 Å². The lowest BCUT2D eigenvalue weighted by Crippen LogP contribution is -2.14. The molecule has 0 radical (unpaired) electrons. The van der Waals surface area contributed by atoms with Crippen molar-refractivity contribution in [1.29, 1.82) is 0 Å². The molecule has 0 aliphatic carbocycles. The summed E-state index contributed by atoms with van der Waals surface area (Å²) in [5.41, 5.74) is 13.5. The van der Waals surface area contributed by atoms with E-state index in [1.165, 1.54) is 16.7 Å². The van der Waals surface area contributed by atoms with Crippen LogP contribution in [0.15, 0.2) is 30.3 Å². The molecule has 0 bridgehead atoms. The molecular weight excluding hydrogens is 262 g/mol. The number of hydrogen-bond donors (Lipinski definition) is 1. The molecule has 1 unspecified atom stereocenters. The van der Waals surface area contributed by atoms with Gasteiger partial charge in [0.2, 0.25) is 0 Å². The van der Waals surface area contributed by atoms with Gasteiger partial charge in [-0.15, -0.1) is 0 Å². The molecule has 3 nitrogen and oxygen atoms in total. The maximum absolute atomic E-state index is 6.48. The highest BCUT2D eigenvalue weighted by molar-refractivity contribution is 5.50. The Labute approximate surface area is 125 Å². The molecule has 0 amide bonds. The average molecular weight is 283 g/mol. The number of ether oxygens (including phenoxy) is 2. The second-order valence-electron chi connectivity index (χ2n) is 5.63. The van der Waals surface area contributed by atoms with Crippen molar-refractivity contribution in [2.75, 3.05) is 7.11 Å². The minimum Gasteiger partial charge on any atom is -0.496 e. The summed E-state index contributed by atoms with van der Waals surface area (Å²) < 4.78 is 11.1. The first-order chi connectivity index (χ1) is 10.1. The zero-order valence-corrected chi connectivity index (χ0v) is 12.8. The van der Waals surface area contributed by atoms with Gasteiger partial charge in [-0.05, 0) is 41.7 Å². The van der Waals surface area contributed by atoms with Gasteiger partial charge in [0.05, 0.1) is 26.4 Å². The second-order valence-corrected chi connectivity index (χ2v) is 5.63. The zero-order valence-electron chi connectivity index (χ0n) is 12.8. The molecule has 2 N–H and O–H groups in total. The maximum atomic E-state index is 6.48. The lowest BCUT2D eigenvalue weighted by atomic mass is 9.93. The molecule has 3 heteroatoms. The first-order valence-electron chi connectivity index (χ1n) is 7.21. The highest BCUT2D eigenvalue weighted by Gasteiger charge is 2.19. The molecule has 1 atom stereocenters. The van der Waals surface area contributed by atoms with Crippen LogP contribution in [0, 0.1) is 13.8 Å². The van der Waals surface area contributed by atoms with Crippen molar-refractivity contribution in [2.24, 2.45) is 5.73 Å². The third kappa shape index (κ3) is 2.43. The molecular formula is C18H21NO2. The Morgan fingerprint density at radius 1 is 1.10 bits per heavy atom. The topological polar surface area (TPSA) is 44.5 Å². The van der Waals surface area contributed by atoms with Crippen LogP contribution < -0.4 is 10.5 Å². The van der Waals surface area contributed by atoms with Crippen LogP contribution in [-0.4, -0.2) is 7.11 Å². The molecule has 1 aliphatic heterocycles. The van der Waals surface area contributed by atoms with Crippen LogP contribution in [0.25, 0.3) is 0 Å². The summed E-state index contributed by atoms with van der Waals surface area (Å²) in [7, 11) is 1.70. The van der Waals surface area contributed by atoms with E-state index >= 15 is 0 Å². The second kappa shape index (κ2) is 5.51. The van der Waals surface area contributed by atoms with Crippen LogP contribution in [0.4, 0.5) is 0 Å². The van der Waals surface area contributed by atoms with Crippen molar-refractivity contribution >= 4 is 0 Å². The van der Waals surface area contributed by atoms with Gasteiger partial charge in [0.15, 0.2) is 0 Å². The van der Waals surface area contributed by atoms with E-state index in [1.807, 2.05) is 0 Å². The fourth-order valence-electron chi connectivity index (χ4n) is 2.89. The minimum absolute atomic E-state index is 0.190. The minimum atomic E-state index is -0.190. The average Bonchev–Trinajstić information content (AvgIpc) is 2.96. The van der Waals surface area contributed by atoms with Crippen molar-refractivity contribution in [3.05, 3.63) is 63.7 Å². The number of rotatable bonds is 3. The summed E-state index contributed by atoms with van der Waals surface area (Å²) in [6.07, 6.45) is 0. The quantitative estimate of drug-likeness (QED) is 0.939. The SMILES string of the molecule is COc1c(C(N)c2ccc3c(c2)COC3)ccc(C)c1C. The van der Waals surface area contributed by atoms with Gasteiger partial charge in [-0.25, -0.2) is 0 Å². The molecule has 110 valence electrons. The predicted octanol–water partition coefficient (Wildman–Crippen LogP) is 3.39. The maximum Gasteiger partial charge on any atom is 0.127 e. The summed E-state index contributed by atoms with van der Waals surface area (Å²) >= 11 is 0. The van der Waals surface area contributed by atoms with Crippen LogP contribution in [0.5, 0.6) is 5.75 Å². The van der Waals surface area contributed by atoms with E-state index in [9.17, 15) is 0 Å². The van der Waals surface area contributed by atoms with Gasteiger partial charge in [0, 0.05) is 5.56 Å². The molecule has 0 aromatic heterocycles. The number of fused-ring (bicyclic) bond motifs is 1. The third-order valence-corrected chi connectivity index (χ3v) is 4.35. The Morgan fingerprint density at radius 3 is 2.62 bits per heavy atom. The zero-order chi connectivity index (χ0) is 15.0. The van der Waals surface area contributed by atoms with Gasteiger partial charge < -0.3 is 15.2 Å². The lowest BCUT2D eigenvalue weighted by Gasteiger charge is -2.19. The molecule has 0 saturated carbocycles. The fourth-order valence-corrected chi connectivity index (χ4v) is 2.89. The number of methoxy groups -OCH3 is 1. The van der Waals surface area contributed by atoms with E-state index in [4.69, 9.17) is 15.2 Å². The molecule has 1 aliphatic rings. The van der Waals surface area contributed by atoms with E-state index in [1.54, 1.807) is 7.11 Å². The van der Waals surface area contributed by atoms with Crippen LogP contribution in [0.3, 0.4) is 0 Å². The van der Waals surface area contributed by atoms with E-state index in [-0.39, 0.29) is 6.04 Å². The fraction of sp³-hybridized carbons (Fsp3) is 0.333. The van der Waals surface area contributed by atoms with Gasteiger partial charge in [0.25, 0.3) is 0 Å².